The maximum Gasteiger partial charge on any atom is 0.241 e. The molecule has 0 fully saturated rings. The van der Waals surface area contributed by atoms with E-state index in [1.54, 1.807) is 12.1 Å². The van der Waals surface area contributed by atoms with E-state index in [1.165, 1.54) is 0 Å². The van der Waals surface area contributed by atoms with Crippen LogP contribution in [0.15, 0.2) is 59.5 Å². The summed E-state index contributed by atoms with van der Waals surface area (Å²) < 4.78 is 34.7. The van der Waals surface area contributed by atoms with Gasteiger partial charge in [-0.05, 0) is 36.6 Å². The number of hydrogen-bond acceptors (Lipinski definition) is 3. The van der Waals surface area contributed by atoms with E-state index in [2.05, 4.69) is 24.4 Å². The summed E-state index contributed by atoms with van der Waals surface area (Å²) in [6.07, 6.45) is 0. The molecule has 154 valence electrons. The van der Waals surface area contributed by atoms with Gasteiger partial charge in [0.25, 0.3) is 0 Å². The molecule has 2 rings (SSSR count). The van der Waals surface area contributed by atoms with Gasteiger partial charge >= 0.3 is 0 Å². The highest BCUT2D eigenvalue weighted by atomic mass is 32.2. The summed E-state index contributed by atoms with van der Waals surface area (Å²) in [4.78, 5) is 0.283. The average Bonchev–Trinajstić information content (AvgIpc) is 2.63. The third kappa shape index (κ3) is 7.17. The van der Waals surface area contributed by atoms with Gasteiger partial charge in [-0.1, -0.05) is 74.6 Å². The van der Waals surface area contributed by atoms with Crippen LogP contribution in [0.5, 0.6) is 0 Å². The number of nitrogens with one attached hydrogen (secondary N) is 1. The molecule has 0 amide bonds. The summed E-state index contributed by atoms with van der Waals surface area (Å²) in [6.45, 7) is 12.2. The van der Waals surface area contributed by atoms with Crippen LogP contribution in [0.25, 0.3) is 0 Å². The fourth-order valence-electron chi connectivity index (χ4n) is 2.87. The topological polar surface area (TPSA) is 55.4 Å². The molecule has 28 heavy (non-hydrogen) atoms. The third-order valence-corrected chi connectivity index (χ3v) is 7.88. The van der Waals surface area contributed by atoms with Gasteiger partial charge in [0.2, 0.25) is 10.0 Å². The first kappa shape index (κ1) is 22.8. The normalized spacial score (nSPS) is 14.6. The molecule has 0 unspecified atom stereocenters. The molecular weight excluding hydrogens is 386 g/mol. The van der Waals surface area contributed by atoms with E-state index < -0.39 is 18.1 Å². The van der Waals surface area contributed by atoms with E-state index >= 15 is 0 Å². The Morgan fingerprint density at radius 2 is 1.61 bits per heavy atom. The van der Waals surface area contributed by atoms with E-state index in [0.717, 1.165) is 23.8 Å². The van der Waals surface area contributed by atoms with Gasteiger partial charge in [-0.25, -0.2) is 13.1 Å². The van der Waals surface area contributed by atoms with E-state index in [-0.39, 0.29) is 16.9 Å². The standard InChI is InChI=1S/C22H33NO3SSi/c1-18-11-13-21(14-12-18)27(24,25)23-22(20-9-7-6-8-10-20)19(2)17-26-15-16-28(3,4)5/h6-14,19,22-23H,15-17H2,1-5H3/t19-,22-/m0/s1. The van der Waals surface area contributed by atoms with E-state index in [1.807, 2.05) is 56.3 Å². The van der Waals surface area contributed by atoms with Crippen LogP contribution in [-0.4, -0.2) is 29.7 Å². The maximum absolute atomic E-state index is 12.9. The summed E-state index contributed by atoms with van der Waals surface area (Å²) >= 11 is 0. The van der Waals surface area contributed by atoms with Crippen LogP contribution in [0.2, 0.25) is 25.7 Å². The first-order valence-corrected chi connectivity index (χ1v) is 15.0. The predicted molar refractivity (Wildman–Crippen MR) is 119 cm³/mol. The zero-order valence-electron chi connectivity index (χ0n) is 17.6. The van der Waals surface area contributed by atoms with Crippen molar-refractivity contribution < 1.29 is 13.2 Å². The van der Waals surface area contributed by atoms with Crippen molar-refractivity contribution >= 4 is 18.1 Å². The minimum Gasteiger partial charge on any atom is -0.381 e. The Morgan fingerprint density at radius 3 is 2.18 bits per heavy atom. The van der Waals surface area contributed by atoms with Crippen LogP contribution >= 0.6 is 0 Å². The van der Waals surface area contributed by atoms with E-state index in [0.29, 0.717) is 6.61 Å². The van der Waals surface area contributed by atoms with Crippen molar-refractivity contribution in [1.29, 1.82) is 0 Å². The van der Waals surface area contributed by atoms with Crippen LogP contribution in [-0.2, 0) is 14.8 Å². The van der Waals surface area contributed by atoms with Gasteiger partial charge < -0.3 is 4.74 Å². The highest BCUT2D eigenvalue weighted by molar-refractivity contribution is 7.89. The molecule has 0 aliphatic rings. The molecule has 1 N–H and O–H groups in total. The zero-order chi connectivity index (χ0) is 20.8. The van der Waals surface area contributed by atoms with Gasteiger partial charge in [-0.15, -0.1) is 0 Å². The van der Waals surface area contributed by atoms with Crippen LogP contribution in [0.1, 0.15) is 24.1 Å². The van der Waals surface area contributed by atoms with Crippen LogP contribution in [0.3, 0.4) is 0 Å². The summed E-state index contributed by atoms with van der Waals surface area (Å²) in [5.41, 5.74) is 1.97. The molecular formula is C22H33NO3SSi. The lowest BCUT2D eigenvalue weighted by atomic mass is 9.96. The van der Waals surface area contributed by atoms with E-state index in [9.17, 15) is 8.42 Å². The molecule has 2 atom stereocenters. The molecule has 4 nitrogen and oxygen atoms in total. The van der Waals surface area contributed by atoms with Gasteiger partial charge in [0.05, 0.1) is 17.5 Å². The van der Waals surface area contributed by atoms with Gasteiger partial charge in [-0.2, -0.15) is 0 Å². The second kappa shape index (κ2) is 9.83. The van der Waals surface area contributed by atoms with Crippen molar-refractivity contribution in [1.82, 2.24) is 4.72 Å². The number of sulfonamides is 1. The lowest BCUT2D eigenvalue weighted by Gasteiger charge is -2.26. The Bertz CT molecular complexity index is 830. The molecule has 0 bridgehead atoms. The molecule has 0 aromatic heterocycles. The van der Waals surface area contributed by atoms with Crippen molar-refractivity contribution in [2.75, 3.05) is 13.2 Å². The van der Waals surface area contributed by atoms with E-state index in [4.69, 9.17) is 4.74 Å². The highest BCUT2D eigenvalue weighted by Gasteiger charge is 2.26. The van der Waals surface area contributed by atoms with Gasteiger partial charge in [0.15, 0.2) is 0 Å². The minimum atomic E-state index is -3.62. The van der Waals surface area contributed by atoms with Gasteiger partial charge in [0.1, 0.15) is 0 Å². The Morgan fingerprint density at radius 1 is 1.00 bits per heavy atom. The number of aryl methyl sites for hydroxylation is 1. The summed E-state index contributed by atoms with van der Waals surface area (Å²) in [7, 11) is -4.77. The highest BCUT2D eigenvalue weighted by Crippen LogP contribution is 2.25. The number of rotatable bonds is 10. The second-order valence-electron chi connectivity index (χ2n) is 8.69. The quantitative estimate of drug-likeness (QED) is 0.435. The Labute approximate surface area is 171 Å². The molecule has 2 aromatic rings. The first-order chi connectivity index (χ1) is 13.1. The number of hydrogen-bond donors (Lipinski definition) is 1. The van der Waals surface area contributed by atoms with Crippen molar-refractivity contribution in [3.8, 4) is 0 Å². The van der Waals surface area contributed by atoms with Crippen LogP contribution in [0, 0.1) is 12.8 Å². The molecule has 2 aromatic carbocycles. The summed E-state index contributed by atoms with van der Waals surface area (Å²) in [6, 6.07) is 17.4. The van der Waals surface area contributed by atoms with Crippen LogP contribution < -0.4 is 4.72 Å². The monoisotopic (exact) mass is 419 g/mol. The second-order valence-corrected chi connectivity index (χ2v) is 16.0. The average molecular weight is 420 g/mol. The Kier molecular flexibility index (Phi) is 8.01. The summed E-state index contributed by atoms with van der Waals surface area (Å²) in [5, 5.41) is 0. The van der Waals surface area contributed by atoms with Gasteiger partial charge in [-0.3, -0.25) is 0 Å². The molecule has 0 radical (unpaired) electrons. The Hall–Kier alpha value is -1.47. The molecule has 0 aliphatic carbocycles. The fraction of sp³-hybridized carbons (Fsp3) is 0.455. The fourth-order valence-corrected chi connectivity index (χ4v) is 4.96. The lowest BCUT2D eigenvalue weighted by molar-refractivity contribution is 0.104. The van der Waals surface area contributed by atoms with Crippen molar-refractivity contribution in [2.24, 2.45) is 5.92 Å². The molecule has 0 heterocycles. The minimum absolute atomic E-state index is 0.00394. The predicted octanol–water partition coefficient (Wildman–Crippen LogP) is 5.01. The first-order valence-electron chi connectivity index (χ1n) is 9.80. The largest absolute Gasteiger partial charge is 0.381 e. The number of ether oxygens (including phenoxy) is 1. The molecule has 0 spiro atoms. The summed E-state index contributed by atoms with van der Waals surface area (Å²) in [5.74, 6) is 0.00394. The van der Waals surface area contributed by atoms with Gasteiger partial charge in [0, 0.05) is 14.7 Å². The molecule has 0 aliphatic heterocycles. The maximum atomic E-state index is 12.9. The van der Waals surface area contributed by atoms with Crippen molar-refractivity contribution in [2.45, 2.75) is 50.5 Å². The lowest BCUT2D eigenvalue weighted by Crippen LogP contribution is -2.34. The van der Waals surface area contributed by atoms with Crippen molar-refractivity contribution in [3.05, 3.63) is 65.7 Å². The molecule has 0 saturated carbocycles. The molecule has 6 heteroatoms. The van der Waals surface area contributed by atoms with Crippen molar-refractivity contribution in [3.63, 3.8) is 0 Å². The third-order valence-electron chi connectivity index (χ3n) is 4.72. The SMILES string of the molecule is Cc1ccc(S(=O)(=O)N[C@H](c2ccccc2)[C@@H](C)COCC[Si](C)(C)C)cc1. The van der Waals surface area contributed by atoms with Crippen LogP contribution in [0.4, 0.5) is 0 Å². The molecule has 0 saturated heterocycles. The number of benzene rings is 2. The smallest absolute Gasteiger partial charge is 0.241 e. The Balaban J connectivity index is 2.14. The zero-order valence-corrected chi connectivity index (χ0v) is 19.4.